The Morgan fingerprint density at radius 2 is 0.962 bits per heavy atom. The van der Waals surface area contributed by atoms with E-state index in [0.29, 0.717) is 24.9 Å². The van der Waals surface area contributed by atoms with E-state index in [1.54, 1.807) is 12.2 Å². The van der Waals surface area contributed by atoms with Gasteiger partial charge in [-0.25, -0.2) is 40.0 Å². The molecule has 0 amide bonds. The monoisotopic (exact) mass is 376 g/mol. The summed E-state index contributed by atoms with van der Waals surface area (Å²) in [5, 5.41) is 10.8. The van der Waals surface area contributed by atoms with Gasteiger partial charge in [-0.15, -0.1) is 0 Å². The minimum atomic E-state index is 0. The lowest BCUT2D eigenvalue weighted by molar-refractivity contribution is 0.278. The highest BCUT2D eigenvalue weighted by Crippen LogP contribution is 2.29. The molecule has 1 saturated carbocycles. The molecule has 26 heavy (non-hydrogen) atoms. The van der Waals surface area contributed by atoms with Crippen LogP contribution in [0.2, 0.25) is 0 Å². The molecule has 2 unspecified atom stereocenters. The van der Waals surface area contributed by atoms with Gasteiger partial charge >= 0.3 is 0 Å². The number of nitrogens with zero attached hydrogens (tertiary/aromatic N) is 2. The topological polar surface area (TPSA) is 141 Å². The summed E-state index contributed by atoms with van der Waals surface area (Å²) in [6.45, 7) is 1.15. The number of aliphatic imine (C=N–C) groups is 2. The minimum Gasteiger partial charge on any atom is -0.222 e. The summed E-state index contributed by atoms with van der Waals surface area (Å²) in [5.41, 5.74) is 0. The van der Waals surface area contributed by atoms with E-state index in [2.05, 4.69) is 9.98 Å². The molecular formula is C18H40N4O4. The molecule has 0 bridgehead atoms. The van der Waals surface area contributed by atoms with E-state index < -0.39 is 0 Å². The molecule has 1 fully saturated rings. The van der Waals surface area contributed by atoms with Crippen molar-refractivity contribution in [3.8, 4) is 0 Å². The highest BCUT2D eigenvalue weighted by atomic mass is 16.1. The fraction of sp³-hybridized carbons (Fsp3) is 0.778. The van der Waals surface area contributed by atoms with Gasteiger partial charge in [0.1, 0.15) is 0 Å². The molecule has 0 radical (unpaired) electrons. The van der Waals surface area contributed by atoms with Crippen LogP contribution in [0.3, 0.4) is 0 Å². The van der Waals surface area contributed by atoms with Gasteiger partial charge in [-0.05, 0) is 31.1 Å². The van der Waals surface area contributed by atoms with E-state index in [4.69, 9.17) is 20.4 Å². The first-order valence-corrected chi connectivity index (χ1v) is 5.85. The molecule has 1 aliphatic carbocycles. The zero-order chi connectivity index (χ0) is 15.6. The molecule has 8 nitrogen and oxygen atoms in total. The van der Waals surface area contributed by atoms with Gasteiger partial charge in [-0.3, -0.25) is 0 Å². The Morgan fingerprint density at radius 3 is 1.19 bits per heavy atom. The maximum absolute atomic E-state index is 9.94. The average molecular weight is 377 g/mol. The van der Waals surface area contributed by atoms with Crippen molar-refractivity contribution < 1.29 is 19.2 Å². The molecule has 0 saturated heterocycles. The van der Waals surface area contributed by atoms with Crippen LogP contribution in [0, 0.1) is 22.7 Å². The lowest BCUT2D eigenvalue weighted by Gasteiger charge is -2.26. The number of carbonyl (C=O) groups excluding carboxylic acids is 4. The predicted molar refractivity (Wildman–Crippen MR) is 109 cm³/mol. The molecule has 1 aliphatic rings. The maximum atomic E-state index is 9.94. The lowest BCUT2D eigenvalue weighted by atomic mass is 9.81. The van der Waals surface area contributed by atoms with Crippen LogP contribution in [0.25, 0.3) is 0 Å². The molecule has 0 aromatic carbocycles. The first-order valence-electron chi connectivity index (χ1n) is 5.85. The first kappa shape index (κ1) is 49.5. The van der Waals surface area contributed by atoms with Crippen molar-refractivity contribution in [2.45, 2.75) is 70.2 Å². The SMILES string of the molecule is C.C.C.C.C.C.N=C=O.N=C=O.O=C=NCC1CCCC(CN=C=O)C1. The smallest absolute Gasteiger partial charge is 0.222 e. The van der Waals surface area contributed by atoms with Crippen molar-refractivity contribution in [2.75, 3.05) is 13.1 Å². The molecule has 0 aromatic heterocycles. The average Bonchev–Trinajstić information content (AvgIpc) is 2.45. The van der Waals surface area contributed by atoms with Gasteiger partial charge in [0.2, 0.25) is 24.3 Å². The van der Waals surface area contributed by atoms with Crippen molar-refractivity contribution in [1.82, 2.24) is 0 Å². The van der Waals surface area contributed by atoms with Gasteiger partial charge in [0.15, 0.2) is 0 Å². The van der Waals surface area contributed by atoms with Crippen LogP contribution in [0.4, 0.5) is 0 Å². The summed E-state index contributed by atoms with van der Waals surface area (Å²) in [5.74, 6) is 0.939. The molecule has 8 heteroatoms. The molecule has 0 aromatic rings. The summed E-state index contributed by atoms with van der Waals surface area (Å²) < 4.78 is 0. The molecule has 156 valence electrons. The third kappa shape index (κ3) is 37.6. The molecule has 0 aliphatic heterocycles. The molecule has 0 heterocycles. The predicted octanol–water partition coefficient (Wildman–Crippen LogP) is 5.08. The third-order valence-electron chi connectivity index (χ3n) is 2.72. The van der Waals surface area contributed by atoms with Crippen LogP contribution >= 0.6 is 0 Å². The number of hydrogen-bond acceptors (Lipinski definition) is 8. The molecule has 0 spiro atoms. The standard InChI is InChI=1S/C10H14N2O2.2CHNO.6CH4/c13-7-11-5-9-2-1-3-10(4-9)6-12-8-14;2*2-1-3;;;;;;/h9-10H,1-6H2;2*2H;6*1H4. The maximum Gasteiger partial charge on any atom is 0.234 e. The fourth-order valence-corrected chi connectivity index (χ4v) is 2.07. The number of hydrogen-bond donors (Lipinski definition) is 2. The van der Waals surface area contributed by atoms with Crippen molar-refractivity contribution >= 4 is 24.3 Å². The molecular weight excluding hydrogens is 336 g/mol. The van der Waals surface area contributed by atoms with Crippen LogP contribution in [-0.2, 0) is 19.2 Å². The van der Waals surface area contributed by atoms with Gasteiger partial charge in [-0.2, -0.15) is 0 Å². The number of isocyanates is 4. The van der Waals surface area contributed by atoms with Gasteiger partial charge in [0.05, 0.1) is 13.1 Å². The van der Waals surface area contributed by atoms with Crippen molar-refractivity contribution in [3.63, 3.8) is 0 Å². The van der Waals surface area contributed by atoms with Gasteiger partial charge < -0.3 is 0 Å². The van der Waals surface area contributed by atoms with Crippen molar-refractivity contribution in [1.29, 1.82) is 10.8 Å². The molecule has 1 rings (SSSR count). The summed E-state index contributed by atoms with van der Waals surface area (Å²) in [7, 11) is 0. The normalized spacial score (nSPS) is 14.6. The van der Waals surface area contributed by atoms with Gasteiger partial charge in [-0.1, -0.05) is 51.0 Å². The Labute approximate surface area is 160 Å². The van der Waals surface area contributed by atoms with Crippen LogP contribution in [0.15, 0.2) is 9.98 Å². The number of nitrogens with one attached hydrogen (secondary N) is 2. The minimum absolute atomic E-state index is 0. The van der Waals surface area contributed by atoms with Crippen LogP contribution in [0.5, 0.6) is 0 Å². The Kier molecular flexibility index (Phi) is 82.5. The fourth-order valence-electron chi connectivity index (χ4n) is 2.07. The Balaban J connectivity index is -0.0000000402. The van der Waals surface area contributed by atoms with Gasteiger partial charge in [0, 0.05) is 0 Å². The van der Waals surface area contributed by atoms with Crippen molar-refractivity contribution in [3.05, 3.63) is 0 Å². The zero-order valence-electron chi connectivity index (χ0n) is 10.9. The van der Waals surface area contributed by atoms with Crippen LogP contribution in [-0.4, -0.2) is 37.4 Å². The molecule has 2 atom stereocenters. The molecule has 2 N–H and O–H groups in total. The van der Waals surface area contributed by atoms with E-state index in [-0.39, 0.29) is 44.6 Å². The first-order chi connectivity index (χ1) is 9.69. The Morgan fingerprint density at radius 1 is 0.692 bits per heavy atom. The second-order valence-electron chi connectivity index (χ2n) is 3.97. The van der Waals surface area contributed by atoms with E-state index in [1.165, 1.54) is 0 Å². The second kappa shape index (κ2) is 43.3. The van der Waals surface area contributed by atoms with E-state index in [9.17, 15) is 9.59 Å². The zero-order valence-corrected chi connectivity index (χ0v) is 10.9. The number of rotatable bonds is 4. The van der Waals surface area contributed by atoms with E-state index >= 15 is 0 Å². The summed E-state index contributed by atoms with van der Waals surface area (Å²) in [6.07, 6.45) is 9.01. The Bertz CT molecular complexity index is 379. The highest BCUT2D eigenvalue weighted by Gasteiger charge is 2.21. The largest absolute Gasteiger partial charge is 0.234 e. The van der Waals surface area contributed by atoms with Gasteiger partial charge in [0.25, 0.3) is 0 Å². The quantitative estimate of drug-likeness (QED) is 0.521. The lowest BCUT2D eigenvalue weighted by Crippen LogP contribution is -2.19. The summed E-state index contributed by atoms with van der Waals surface area (Å²) >= 11 is 0. The van der Waals surface area contributed by atoms with Crippen molar-refractivity contribution in [2.24, 2.45) is 21.8 Å². The Hall–Kier alpha value is -2.48. The van der Waals surface area contributed by atoms with E-state index in [1.807, 2.05) is 0 Å². The van der Waals surface area contributed by atoms with E-state index in [0.717, 1.165) is 37.8 Å². The van der Waals surface area contributed by atoms with Crippen LogP contribution < -0.4 is 0 Å². The summed E-state index contributed by atoms with van der Waals surface area (Å²) in [4.78, 5) is 43.8. The third-order valence-corrected chi connectivity index (χ3v) is 2.72. The van der Waals surface area contributed by atoms with Crippen LogP contribution in [0.1, 0.15) is 70.2 Å². The second-order valence-corrected chi connectivity index (χ2v) is 3.97. The summed E-state index contributed by atoms with van der Waals surface area (Å²) in [6, 6.07) is 0. The highest BCUT2D eigenvalue weighted by molar-refractivity contribution is 5.33.